The molecule has 0 aromatic rings. The van der Waals surface area contributed by atoms with Crippen LogP contribution in [0.15, 0.2) is 0 Å². The minimum absolute atomic E-state index is 0.164. The molecule has 0 aromatic heterocycles. The summed E-state index contributed by atoms with van der Waals surface area (Å²) in [5, 5.41) is 11.5. The normalized spacial score (nSPS) is 19.1. The summed E-state index contributed by atoms with van der Waals surface area (Å²) < 4.78 is 0. The number of likely N-dealkylation sites (tertiary alicyclic amines) is 1. The summed E-state index contributed by atoms with van der Waals surface area (Å²) in [6, 6.07) is 0. The first-order valence-electron chi connectivity index (χ1n) is 5.68. The number of carbonyl (C=O) groups is 1. The Bertz CT molecular complexity index is 189. The Hall–Kier alpha value is -0.610. The van der Waals surface area contributed by atoms with Gasteiger partial charge in [0.1, 0.15) is 0 Å². The van der Waals surface area contributed by atoms with Crippen molar-refractivity contribution < 1.29 is 9.90 Å². The van der Waals surface area contributed by atoms with Crippen LogP contribution in [-0.2, 0) is 4.79 Å². The third kappa shape index (κ3) is 4.62. The van der Waals surface area contributed by atoms with E-state index in [1.807, 2.05) is 4.90 Å². The standard InChI is InChI=1S/C11H21N2O2/c1-13-7-4-10(5-8-13)11(15)12-6-2-3-9-14/h10,14H,1-9H2,(H,12,15)/q-1. The first-order chi connectivity index (χ1) is 7.24. The second-order valence-corrected chi connectivity index (χ2v) is 4.11. The van der Waals surface area contributed by atoms with Gasteiger partial charge in [-0.2, -0.15) is 0 Å². The van der Waals surface area contributed by atoms with Gasteiger partial charge in [-0.3, -0.25) is 11.8 Å². The lowest BCUT2D eigenvalue weighted by Gasteiger charge is -2.33. The van der Waals surface area contributed by atoms with Gasteiger partial charge in [-0.15, -0.1) is 0 Å². The fourth-order valence-corrected chi connectivity index (χ4v) is 1.79. The third-order valence-corrected chi connectivity index (χ3v) is 2.84. The lowest BCUT2D eigenvalue weighted by molar-refractivity contribution is -0.126. The minimum atomic E-state index is 0.164. The van der Waals surface area contributed by atoms with Crippen LogP contribution < -0.4 is 5.32 Å². The van der Waals surface area contributed by atoms with Crippen molar-refractivity contribution in [1.82, 2.24) is 10.2 Å². The average Bonchev–Trinajstić information content (AvgIpc) is 2.25. The molecule has 0 bridgehead atoms. The maximum absolute atomic E-state index is 11.7. The molecule has 15 heavy (non-hydrogen) atoms. The van der Waals surface area contributed by atoms with Crippen LogP contribution in [0.1, 0.15) is 25.7 Å². The molecule has 1 aliphatic rings. The summed E-state index contributed by atoms with van der Waals surface area (Å²) in [5.41, 5.74) is 0. The van der Waals surface area contributed by atoms with E-state index in [4.69, 9.17) is 5.11 Å². The molecule has 0 saturated carbocycles. The molecule has 0 spiro atoms. The topological polar surface area (TPSA) is 52.6 Å². The lowest BCUT2D eigenvalue weighted by atomic mass is 9.96. The molecular formula is C11H21N2O2-. The van der Waals surface area contributed by atoms with Gasteiger partial charge in [0.15, 0.2) is 0 Å². The largest absolute Gasteiger partial charge is 0.459 e. The molecule has 1 aliphatic heterocycles. The number of hydrogen-bond donors (Lipinski definition) is 2. The molecule has 1 saturated heterocycles. The van der Waals surface area contributed by atoms with Crippen molar-refractivity contribution in [3.05, 3.63) is 7.05 Å². The number of aliphatic hydroxyl groups excluding tert-OH is 1. The maximum atomic E-state index is 11.7. The highest BCUT2D eigenvalue weighted by Gasteiger charge is 2.20. The summed E-state index contributed by atoms with van der Waals surface area (Å²) in [5.74, 6) is 0.332. The van der Waals surface area contributed by atoms with Gasteiger partial charge in [0.2, 0.25) is 5.91 Å². The van der Waals surface area contributed by atoms with E-state index < -0.39 is 0 Å². The zero-order valence-corrected chi connectivity index (χ0v) is 9.24. The van der Waals surface area contributed by atoms with Crippen LogP contribution >= 0.6 is 0 Å². The van der Waals surface area contributed by atoms with Crippen molar-refractivity contribution in [3.63, 3.8) is 0 Å². The highest BCUT2D eigenvalue weighted by atomic mass is 16.2. The first kappa shape index (κ1) is 12.5. The van der Waals surface area contributed by atoms with Crippen LogP contribution in [0.5, 0.6) is 0 Å². The van der Waals surface area contributed by atoms with Crippen molar-refractivity contribution in [1.29, 1.82) is 0 Å². The third-order valence-electron chi connectivity index (χ3n) is 2.84. The van der Waals surface area contributed by atoms with Crippen molar-refractivity contribution >= 4 is 5.91 Å². The van der Waals surface area contributed by atoms with E-state index in [-0.39, 0.29) is 18.4 Å². The molecule has 4 heteroatoms. The van der Waals surface area contributed by atoms with E-state index >= 15 is 0 Å². The van der Waals surface area contributed by atoms with Gasteiger partial charge in [-0.05, 0) is 38.8 Å². The van der Waals surface area contributed by atoms with Gasteiger partial charge in [0.25, 0.3) is 0 Å². The molecule has 1 amide bonds. The molecule has 0 aliphatic carbocycles. The van der Waals surface area contributed by atoms with Gasteiger partial charge in [0, 0.05) is 19.1 Å². The molecule has 88 valence electrons. The van der Waals surface area contributed by atoms with E-state index in [0.717, 1.165) is 38.8 Å². The highest BCUT2D eigenvalue weighted by molar-refractivity contribution is 5.78. The number of carbonyl (C=O) groups excluding carboxylic acids is 1. The number of aliphatic hydroxyl groups is 1. The molecule has 1 fully saturated rings. The van der Waals surface area contributed by atoms with Gasteiger partial charge < -0.3 is 15.3 Å². The molecular weight excluding hydrogens is 192 g/mol. The number of nitrogens with one attached hydrogen (secondary N) is 1. The predicted molar refractivity (Wildman–Crippen MR) is 59.0 cm³/mol. The number of nitrogens with zero attached hydrogens (tertiary/aromatic N) is 1. The average molecular weight is 213 g/mol. The zero-order chi connectivity index (χ0) is 11.1. The molecule has 1 heterocycles. The van der Waals surface area contributed by atoms with Gasteiger partial charge >= 0.3 is 0 Å². The number of piperidine rings is 1. The second-order valence-electron chi connectivity index (χ2n) is 4.11. The van der Waals surface area contributed by atoms with Crippen molar-refractivity contribution in [3.8, 4) is 0 Å². The molecule has 1 rings (SSSR count). The van der Waals surface area contributed by atoms with Crippen LogP contribution in [-0.4, -0.2) is 42.2 Å². The number of unbranched alkanes of at least 4 members (excludes halogenated alkanes) is 1. The summed E-state index contributed by atoms with van der Waals surface area (Å²) in [6.07, 6.45) is 3.44. The molecule has 4 nitrogen and oxygen atoms in total. The van der Waals surface area contributed by atoms with E-state index in [0.29, 0.717) is 6.54 Å². The Kier molecular flexibility index (Phi) is 5.65. The number of amides is 1. The van der Waals surface area contributed by atoms with Crippen molar-refractivity contribution in [2.45, 2.75) is 25.7 Å². The first-order valence-corrected chi connectivity index (χ1v) is 5.68. The Balaban J connectivity index is 2.11. The van der Waals surface area contributed by atoms with Gasteiger partial charge in [-0.25, -0.2) is 0 Å². The molecule has 0 radical (unpaired) electrons. The summed E-state index contributed by atoms with van der Waals surface area (Å²) in [7, 11) is 3.85. The van der Waals surface area contributed by atoms with E-state index in [2.05, 4.69) is 12.4 Å². The zero-order valence-electron chi connectivity index (χ0n) is 9.24. The van der Waals surface area contributed by atoms with Crippen LogP contribution in [0.25, 0.3) is 0 Å². The number of hydrogen-bond acceptors (Lipinski definition) is 3. The molecule has 2 N–H and O–H groups in total. The van der Waals surface area contributed by atoms with Crippen molar-refractivity contribution in [2.24, 2.45) is 5.92 Å². The van der Waals surface area contributed by atoms with Crippen LogP contribution in [0.3, 0.4) is 0 Å². The Morgan fingerprint density at radius 3 is 2.67 bits per heavy atom. The van der Waals surface area contributed by atoms with Gasteiger partial charge in [-0.1, -0.05) is 0 Å². The van der Waals surface area contributed by atoms with E-state index in [1.165, 1.54) is 0 Å². The second kappa shape index (κ2) is 6.80. The SMILES string of the molecule is [CH2-]N1CCC(C(=O)NCCCCO)CC1. The monoisotopic (exact) mass is 213 g/mol. The summed E-state index contributed by atoms with van der Waals surface area (Å²) in [4.78, 5) is 13.7. The van der Waals surface area contributed by atoms with E-state index in [9.17, 15) is 4.79 Å². The molecule has 0 aromatic carbocycles. The fourth-order valence-electron chi connectivity index (χ4n) is 1.79. The minimum Gasteiger partial charge on any atom is -0.459 e. The summed E-state index contributed by atoms with van der Waals surface area (Å²) >= 11 is 0. The van der Waals surface area contributed by atoms with Crippen LogP contribution in [0.2, 0.25) is 0 Å². The quantitative estimate of drug-likeness (QED) is 0.513. The Morgan fingerprint density at radius 1 is 1.40 bits per heavy atom. The maximum Gasteiger partial charge on any atom is 0.223 e. The molecule has 0 unspecified atom stereocenters. The highest BCUT2D eigenvalue weighted by Crippen LogP contribution is 2.16. The Morgan fingerprint density at radius 2 is 2.07 bits per heavy atom. The van der Waals surface area contributed by atoms with Crippen molar-refractivity contribution in [2.75, 3.05) is 26.2 Å². The summed E-state index contributed by atoms with van der Waals surface area (Å²) in [6.45, 7) is 2.71. The predicted octanol–water partition coefficient (Wildman–Crippen LogP) is 0.379. The number of rotatable bonds is 5. The molecule has 0 atom stereocenters. The Labute approximate surface area is 91.6 Å². The van der Waals surface area contributed by atoms with Crippen LogP contribution in [0, 0.1) is 13.0 Å². The van der Waals surface area contributed by atoms with E-state index in [1.54, 1.807) is 0 Å². The fraction of sp³-hybridized carbons (Fsp3) is 0.818. The smallest absolute Gasteiger partial charge is 0.223 e. The lowest BCUT2D eigenvalue weighted by Crippen LogP contribution is -2.38. The van der Waals surface area contributed by atoms with Gasteiger partial charge in [0.05, 0.1) is 0 Å². The van der Waals surface area contributed by atoms with Crippen LogP contribution in [0.4, 0.5) is 0 Å².